The Kier molecular flexibility index (Phi) is 4.08. The van der Waals surface area contributed by atoms with E-state index in [2.05, 4.69) is 26.4 Å². The number of rotatable bonds is 4. The number of likely N-dealkylation sites (tertiary alicyclic amines) is 1. The molecule has 1 saturated carbocycles. The van der Waals surface area contributed by atoms with Gasteiger partial charge in [0, 0.05) is 55.4 Å². The highest BCUT2D eigenvalue weighted by molar-refractivity contribution is 5.81. The van der Waals surface area contributed by atoms with E-state index in [1.165, 1.54) is 12.1 Å². The third kappa shape index (κ3) is 3.07. The molecule has 0 N–H and O–H groups in total. The summed E-state index contributed by atoms with van der Waals surface area (Å²) in [4.78, 5) is 23.2. The van der Waals surface area contributed by atoms with E-state index in [1.54, 1.807) is 12.4 Å². The van der Waals surface area contributed by atoms with Crippen molar-refractivity contribution in [3.05, 3.63) is 36.4 Å². The number of pyridine rings is 1. The van der Waals surface area contributed by atoms with E-state index in [0.29, 0.717) is 17.7 Å². The number of hydrogen-bond acceptors (Lipinski definition) is 3. The Morgan fingerprint density at radius 3 is 2.79 bits per heavy atom. The highest BCUT2D eigenvalue weighted by atomic mass is 16.2. The SMILES string of the molecule is Cc1cnc(-c2ccncc2)n1CC1CCCN(C(=O)C2CC2)C1. The maximum atomic E-state index is 12.4. The number of amides is 1. The number of carbonyl (C=O) groups excluding carboxylic acids is 1. The number of hydrogen-bond donors (Lipinski definition) is 0. The molecule has 2 aliphatic rings. The molecule has 1 aliphatic heterocycles. The first-order chi connectivity index (χ1) is 11.7. The second-order valence-corrected chi connectivity index (χ2v) is 7.14. The minimum atomic E-state index is 0.325. The second-order valence-electron chi connectivity index (χ2n) is 7.14. The van der Waals surface area contributed by atoms with Gasteiger partial charge < -0.3 is 9.47 Å². The molecule has 5 heteroatoms. The van der Waals surface area contributed by atoms with Crippen molar-refractivity contribution in [2.45, 2.75) is 39.2 Å². The van der Waals surface area contributed by atoms with Crippen molar-refractivity contribution in [2.24, 2.45) is 11.8 Å². The van der Waals surface area contributed by atoms with Crippen LogP contribution < -0.4 is 0 Å². The van der Waals surface area contributed by atoms with Gasteiger partial charge in [-0.05, 0) is 50.7 Å². The zero-order valence-corrected chi connectivity index (χ0v) is 14.2. The number of nitrogens with zero attached hydrogens (tertiary/aromatic N) is 4. The molecule has 0 spiro atoms. The van der Waals surface area contributed by atoms with Crippen LogP contribution in [0.25, 0.3) is 11.4 Å². The van der Waals surface area contributed by atoms with E-state index < -0.39 is 0 Å². The first-order valence-electron chi connectivity index (χ1n) is 8.93. The summed E-state index contributed by atoms with van der Waals surface area (Å²) in [5, 5.41) is 0. The molecule has 5 nitrogen and oxygen atoms in total. The third-order valence-electron chi connectivity index (χ3n) is 5.19. The van der Waals surface area contributed by atoms with Crippen molar-refractivity contribution in [1.82, 2.24) is 19.4 Å². The van der Waals surface area contributed by atoms with Crippen molar-refractivity contribution in [2.75, 3.05) is 13.1 Å². The zero-order valence-electron chi connectivity index (χ0n) is 14.2. The second kappa shape index (κ2) is 6.38. The van der Waals surface area contributed by atoms with Gasteiger partial charge in [-0.1, -0.05) is 0 Å². The molecule has 1 saturated heterocycles. The summed E-state index contributed by atoms with van der Waals surface area (Å²) in [7, 11) is 0. The van der Waals surface area contributed by atoms with E-state index in [9.17, 15) is 4.79 Å². The van der Waals surface area contributed by atoms with Crippen LogP contribution in [0.5, 0.6) is 0 Å². The van der Waals surface area contributed by atoms with Crippen LogP contribution in [0.3, 0.4) is 0 Å². The van der Waals surface area contributed by atoms with Gasteiger partial charge in [-0.25, -0.2) is 4.98 Å². The molecule has 0 bridgehead atoms. The predicted octanol–water partition coefficient (Wildman–Crippen LogP) is 2.90. The van der Waals surface area contributed by atoms with Crippen LogP contribution >= 0.6 is 0 Å². The van der Waals surface area contributed by atoms with E-state index >= 15 is 0 Å². The fourth-order valence-electron chi connectivity index (χ4n) is 3.68. The van der Waals surface area contributed by atoms with Crippen molar-refractivity contribution < 1.29 is 4.79 Å². The lowest BCUT2D eigenvalue weighted by atomic mass is 9.97. The smallest absolute Gasteiger partial charge is 0.225 e. The number of imidazole rings is 1. The molecule has 1 aliphatic carbocycles. The van der Waals surface area contributed by atoms with E-state index in [4.69, 9.17) is 0 Å². The lowest BCUT2D eigenvalue weighted by Gasteiger charge is -2.33. The number of aromatic nitrogens is 3. The largest absolute Gasteiger partial charge is 0.342 e. The van der Waals surface area contributed by atoms with E-state index in [0.717, 1.165) is 50.3 Å². The zero-order chi connectivity index (χ0) is 16.5. The van der Waals surface area contributed by atoms with Crippen LogP contribution in [0.4, 0.5) is 0 Å². The van der Waals surface area contributed by atoms with E-state index in [1.807, 2.05) is 18.3 Å². The van der Waals surface area contributed by atoms with Crippen molar-refractivity contribution in [1.29, 1.82) is 0 Å². The molecular weight excluding hydrogens is 300 g/mol. The molecule has 24 heavy (non-hydrogen) atoms. The topological polar surface area (TPSA) is 51.0 Å². The maximum Gasteiger partial charge on any atom is 0.225 e. The Bertz CT molecular complexity index is 720. The summed E-state index contributed by atoms with van der Waals surface area (Å²) in [6, 6.07) is 4.00. The Morgan fingerprint density at radius 1 is 1.25 bits per heavy atom. The van der Waals surface area contributed by atoms with Crippen LogP contribution in [-0.4, -0.2) is 38.4 Å². The average molecular weight is 324 g/mol. The summed E-state index contributed by atoms with van der Waals surface area (Å²) in [5.41, 5.74) is 2.27. The normalized spacial score (nSPS) is 21.0. The molecule has 2 aromatic rings. The number of piperidine rings is 1. The molecule has 1 amide bonds. The first-order valence-corrected chi connectivity index (χ1v) is 8.93. The Hall–Kier alpha value is -2.17. The standard InChI is InChI=1S/C19H24N4O/c1-14-11-21-18(16-6-8-20-9-7-16)23(14)13-15-3-2-10-22(12-15)19(24)17-4-5-17/h6-9,11,15,17H,2-5,10,12-13H2,1H3. The lowest BCUT2D eigenvalue weighted by Crippen LogP contribution is -2.41. The summed E-state index contributed by atoms with van der Waals surface area (Å²) >= 11 is 0. The van der Waals surface area contributed by atoms with E-state index in [-0.39, 0.29) is 0 Å². The molecule has 1 atom stereocenters. The molecule has 0 aromatic carbocycles. The Morgan fingerprint density at radius 2 is 2.04 bits per heavy atom. The van der Waals surface area contributed by atoms with Gasteiger partial charge in [0.2, 0.25) is 5.91 Å². The van der Waals surface area contributed by atoms with Gasteiger partial charge >= 0.3 is 0 Å². The Labute approximate surface area is 142 Å². The van der Waals surface area contributed by atoms with Gasteiger partial charge in [0.1, 0.15) is 5.82 Å². The maximum absolute atomic E-state index is 12.4. The molecule has 4 rings (SSSR count). The van der Waals surface area contributed by atoms with Gasteiger partial charge in [0.25, 0.3) is 0 Å². The molecule has 1 unspecified atom stereocenters. The first kappa shape index (κ1) is 15.4. The van der Waals surface area contributed by atoms with Crippen LogP contribution in [-0.2, 0) is 11.3 Å². The average Bonchev–Trinajstić information content (AvgIpc) is 3.41. The number of carbonyl (C=O) groups is 1. The Balaban J connectivity index is 1.51. The molecule has 2 fully saturated rings. The summed E-state index contributed by atoms with van der Waals surface area (Å²) < 4.78 is 2.30. The van der Waals surface area contributed by atoms with Crippen LogP contribution in [0, 0.1) is 18.8 Å². The van der Waals surface area contributed by atoms with Crippen molar-refractivity contribution >= 4 is 5.91 Å². The molecule has 3 heterocycles. The fraction of sp³-hybridized carbons (Fsp3) is 0.526. The van der Waals surface area contributed by atoms with Crippen LogP contribution in [0.1, 0.15) is 31.4 Å². The minimum absolute atomic E-state index is 0.325. The molecule has 126 valence electrons. The summed E-state index contributed by atoms with van der Waals surface area (Å²) in [5.74, 6) is 2.22. The third-order valence-corrected chi connectivity index (χ3v) is 5.19. The minimum Gasteiger partial charge on any atom is -0.342 e. The summed E-state index contributed by atoms with van der Waals surface area (Å²) in [6.07, 6.45) is 10.0. The predicted molar refractivity (Wildman–Crippen MR) is 92.2 cm³/mol. The fourth-order valence-corrected chi connectivity index (χ4v) is 3.68. The highest BCUT2D eigenvalue weighted by Gasteiger charge is 2.35. The van der Waals surface area contributed by atoms with Crippen molar-refractivity contribution in [3.8, 4) is 11.4 Å². The van der Waals surface area contributed by atoms with Gasteiger partial charge in [0.15, 0.2) is 0 Å². The molecule has 0 radical (unpaired) electrons. The number of aryl methyl sites for hydroxylation is 1. The van der Waals surface area contributed by atoms with Crippen LogP contribution in [0.15, 0.2) is 30.7 Å². The summed E-state index contributed by atoms with van der Waals surface area (Å²) in [6.45, 7) is 4.86. The monoisotopic (exact) mass is 324 g/mol. The quantitative estimate of drug-likeness (QED) is 0.869. The van der Waals surface area contributed by atoms with Crippen LogP contribution in [0.2, 0.25) is 0 Å². The van der Waals surface area contributed by atoms with Gasteiger partial charge in [-0.15, -0.1) is 0 Å². The molecular formula is C19H24N4O. The van der Waals surface area contributed by atoms with Gasteiger partial charge in [0.05, 0.1) is 0 Å². The lowest BCUT2D eigenvalue weighted by molar-refractivity contribution is -0.134. The van der Waals surface area contributed by atoms with Gasteiger partial charge in [-0.3, -0.25) is 9.78 Å². The van der Waals surface area contributed by atoms with Crippen molar-refractivity contribution in [3.63, 3.8) is 0 Å². The van der Waals surface area contributed by atoms with Gasteiger partial charge in [-0.2, -0.15) is 0 Å². The highest BCUT2D eigenvalue weighted by Crippen LogP contribution is 2.33. The molecule has 2 aromatic heterocycles.